The molecule has 0 N–H and O–H groups in total. The first-order valence-electron chi connectivity index (χ1n) is 21.2. The monoisotopic (exact) mass is 774 g/mol. The summed E-state index contributed by atoms with van der Waals surface area (Å²) in [6, 6.07) is 40.6. The number of nitrogens with zero attached hydrogens (tertiary/aromatic N) is 2. The number of unbranched alkanes of at least 4 members (excludes halogenated alkanes) is 2. The highest BCUT2D eigenvalue weighted by molar-refractivity contribution is 7.27. The van der Waals surface area contributed by atoms with Gasteiger partial charge in [0.25, 0.3) is 0 Å². The normalized spacial score (nSPS) is 16.2. The zero-order valence-electron chi connectivity index (χ0n) is 33.8. The van der Waals surface area contributed by atoms with E-state index in [2.05, 4.69) is 154 Å². The van der Waals surface area contributed by atoms with Crippen molar-refractivity contribution in [1.82, 2.24) is 4.48 Å². The Morgan fingerprint density at radius 2 is 1.39 bits per heavy atom. The van der Waals surface area contributed by atoms with Crippen LogP contribution in [0.2, 0.25) is 0 Å². The molecule has 0 atom stereocenters. The molecule has 6 aromatic carbocycles. The molecule has 0 fully saturated rings. The van der Waals surface area contributed by atoms with E-state index in [1.165, 1.54) is 145 Å². The summed E-state index contributed by atoms with van der Waals surface area (Å²) >= 11 is 3.95. The van der Waals surface area contributed by atoms with Gasteiger partial charge in [0.2, 0.25) is 0 Å². The number of thiophene rings is 2. The number of benzene rings is 6. The van der Waals surface area contributed by atoms with E-state index >= 15 is 0 Å². The number of rotatable bonds is 5. The van der Waals surface area contributed by atoms with Crippen LogP contribution in [0.5, 0.6) is 0 Å². The molecule has 2 aliphatic heterocycles. The van der Waals surface area contributed by atoms with Gasteiger partial charge in [-0.25, -0.2) is 0 Å². The van der Waals surface area contributed by atoms with Gasteiger partial charge in [-0.15, -0.1) is 22.7 Å². The Bertz CT molecular complexity index is 3190. The van der Waals surface area contributed by atoms with Crippen LogP contribution in [0.25, 0.3) is 62.5 Å². The standard InChI is InChI=1S/C52H47BN2S2/c1-7-8-9-15-31-27-37-33-18-14-19-36-45-35-17-11-13-21-44(35)57-50(45)55(47(33)36)53-40-23-22-34-32-16-10-12-20-43(32)56-49(34)48(40)54(42(28-31)46(37)53)41-29-39-38(26-30(41)2)51(3,4)24-25-52(39,5)6/h10-14,16-23,26-29H,7-9,15,24-25H2,1-6H3. The summed E-state index contributed by atoms with van der Waals surface area (Å²) in [4.78, 5) is 4.15. The van der Waals surface area contributed by atoms with Crippen molar-refractivity contribution in [3.63, 3.8) is 0 Å². The molecular weight excluding hydrogens is 728 g/mol. The molecule has 9 aromatic rings. The van der Waals surface area contributed by atoms with E-state index in [-0.39, 0.29) is 17.7 Å². The Morgan fingerprint density at radius 3 is 2.18 bits per heavy atom. The Hall–Kier alpha value is -4.84. The Morgan fingerprint density at radius 1 is 0.667 bits per heavy atom. The predicted octanol–water partition coefficient (Wildman–Crippen LogP) is 14.2. The molecule has 280 valence electrons. The van der Waals surface area contributed by atoms with E-state index in [4.69, 9.17) is 0 Å². The van der Waals surface area contributed by atoms with Crippen LogP contribution in [-0.4, -0.2) is 11.3 Å². The summed E-state index contributed by atoms with van der Waals surface area (Å²) in [5, 5.41) is 6.88. The minimum Gasteiger partial charge on any atom is -0.367 e. The molecule has 1 aliphatic carbocycles. The molecule has 0 amide bonds. The lowest BCUT2D eigenvalue weighted by molar-refractivity contribution is 0.332. The SMILES string of the molecule is CCCCCc1cc2c3c(c1)N(c1cc4c(cc1C)C(C)(C)CCC4(C)C)c1c(ccc4c1sc1ccccc14)B3n1c3sc4ccccc4c3c3cccc-2c31. The van der Waals surface area contributed by atoms with Gasteiger partial charge in [0.05, 0.1) is 15.2 Å². The van der Waals surface area contributed by atoms with Crippen LogP contribution in [0.1, 0.15) is 89.0 Å². The third-order valence-corrected chi connectivity index (χ3v) is 16.5. The first-order valence-corrected chi connectivity index (χ1v) is 22.8. The zero-order valence-corrected chi connectivity index (χ0v) is 35.5. The number of aromatic nitrogens is 1. The van der Waals surface area contributed by atoms with Gasteiger partial charge >= 0.3 is 6.85 Å². The average molecular weight is 775 g/mol. The lowest BCUT2D eigenvalue weighted by Gasteiger charge is -2.45. The molecule has 3 aromatic heterocycles. The van der Waals surface area contributed by atoms with Crippen LogP contribution in [0.4, 0.5) is 17.1 Å². The number of aryl methyl sites for hydroxylation is 2. The van der Waals surface area contributed by atoms with Gasteiger partial charge in [0, 0.05) is 58.8 Å². The molecule has 0 saturated carbocycles. The molecule has 12 rings (SSSR count). The van der Waals surface area contributed by atoms with E-state index in [1.54, 1.807) is 0 Å². The number of hydrogen-bond donors (Lipinski definition) is 0. The molecular formula is C52H47BN2S2. The quantitative estimate of drug-likeness (QED) is 0.125. The molecule has 0 saturated heterocycles. The van der Waals surface area contributed by atoms with Crippen LogP contribution < -0.4 is 15.8 Å². The fraction of sp³-hybridized carbons (Fsp3) is 0.269. The maximum absolute atomic E-state index is 2.77. The number of fused-ring (bicyclic) bond motifs is 14. The molecule has 0 radical (unpaired) electrons. The summed E-state index contributed by atoms with van der Waals surface area (Å²) in [7, 11) is 0. The smallest absolute Gasteiger partial charge is 0.333 e. The third-order valence-electron chi connectivity index (χ3n) is 14.2. The fourth-order valence-corrected chi connectivity index (χ4v) is 13.6. The minimum atomic E-state index is 0.0526. The predicted molar refractivity (Wildman–Crippen MR) is 252 cm³/mol. The lowest BCUT2D eigenvalue weighted by Crippen LogP contribution is -2.56. The van der Waals surface area contributed by atoms with Gasteiger partial charge in [-0.05, 0) is 106 Å². The molecule has 0 bridgehead atoms. The second-order valence-corrected chi connectivity index (χ2v) is 20.6. The van der Waals surface area contributed by atoms with Gasteiger partial charge < -0.3 is 9.38 Å². The van der Waals surface area contributed by atoms with Crippen LogP contribution in [0.15, 0.2) is 103 Å². The molecule has 0 spiro atoms. The minimum absolute atomic E-state index is 0.0526. The Kier molecular flexibility index (Phi) is 7.13. The van der Waals surface area contributed by atoms with Crippen molar-refractivity contribution in [2.45, 2.75) is 90.9 Å². The zero-order chi connectivity index (χ0) is 38.5. The maximum atomic E-state index is 2.77. The Balaban J connectivity index is 1.25. The second-order valence-electron chi connectivity index (χ2n) is 18.6. The van der Waals surface area contributed by atoms with Crippen LogP contribution in [0.3, 0.4) is 0 Å². The second kappa shape index (κ2) is 11.9. The molecule has 57 heavy (non-hydrogen) atoms. The molecule has 2 nitrogen and oxygen atoms in total. The van der Waals surface area contributed by atoms with Crippen molar-refractivity contribution in [1.29, 1.82) is 0 Å². The first-order chi connectivity index (χ1) is 27.6. The number of hydrogen-bond acceptors (Lipinski definition) is 3. The third kappa shape index (κ3) is 4.59. The summed E-state index contributed by atoms with van der Waals surface area (Å²) in [6.45, 7) is 14.6. The van der Waals surface area contributed by atoms with E-state index in [0.717, 1.165) is 6.42 Å². The maximum Gasteiger partial charge on any atom is 0.333 e. The molecule has 5 heteroatoms. The molecule has 5 heterocycles. The van der Waals surface area contributed by atoms with Gasteiger partial charge in [-0.1, -0.05) is 126 Å². The number of anilines is 3. The van der Waals surface area contributed by atoms with Crippen LogP contribution in [0, 0.1) is 6.92 Å². The van der Waals surface area contributed by atoms with Gasteiger partial charge in [-0.2, -0.15) is 0 Å². The topological polar surface area (TPSA) is 8.17 Å². The summed E-state index contributed by atoms with van der Waals surface area (Å²) in [6.07, 6.45) is 7.18. The lowest BCUT2D eigenvalue weighted by atomic mass is 9.45. The van der Waals surface area contributed by atoms with Crippen molar-refractivity contribution >= 4 is 109 Å². The average Bonchev–Trinajstić information content (AvgIpc) is 3.88. The van der Waals surface area contributed by atoms with Gasteiger partial charge in [0.1, 0.15) is 0 Å². The summed E-state index contributed by atoms with van der Waals surface area (Å²) in [5.41, 5.74) is 17.2. The highest BCUT2D eigenvalue weighted by Gasteiger charge is 2.45. The first kappa shape index (κ1) is 34.2. The van der Waals surface area contributed by atoms with E-state index in [1.807, 2.05) is 22.7 Å². The highest BCUT2D eigenvalue weighted by atomic mass is 32.1. The van der Waals surface area contributed by atoms with Crippen molar-refractivity contribution in [3.05, 3.63) is 125 Å². The largest absolute Gasteiger partial charge is 0.367 e. The van der Waals surface area contributed by atoms with Gasteiger partial charge in [-0.3, -0.25) is 0 Å². The van der Waals surface area contributed by atoms with E-state index in [0.29, 0.717) is 0 Å². The Labute approximate surface area is 343 Å². The summed E-state index contributed by atoms with van der Waals surface area (Å²) < 4.78 is 6.89. The van der Waals surface area contributed by atoms with E-state index < -0.39 is 0 Å². The van der Waals surface area contributed by atoms with Crippen LogP contribution in [-0.2, 0) is 17.3 Å². The fourth-order valence-electron chi connectivity index (χ4n) is 11.1. The van der Waals surface area contributed by atoms with Gasteiger partial charge in [0.15, 0.2) is 0 Å². The van der Waals surface area contributed by atoms with Crippen molar-refractivity contribution < 1.29 is 0 Å². The van der Waals surface area contributed by atoms with E-state index in [9.17, 15) is 0 Å². The van der Waals surface area contributed by atoms with Crippen LogP contribution >= 0.6 is 22.7 Å². The molecule has 0 unspecified atom stereocenters. The van der Waals surface area contributed by atoms with Crippen molar-refractivity contribution in [3.8, 4) is 11.1 Å². The van der Waals surface area contributed by atoms with Crippen molar-refractivity contribution in [2.24, 2.45) is 0 Å². The number of para-hydroxylation sites is 1. The summed E-state index contributed by atoms with van der Waals surface area (Å²) in [5.74, 6) is 0. The molecule has 3 aliphatic rings. The van der Waals surface area contributed by atoms with Crippen molar-refractivity contribution in [2.75, 3.05) is 4.90 Å². The highest BCUT2D eigenvalue weighted by Crippen LogP contribution is 2.54.